The lowest BCUT2D eigenvalue weighted by atomic mass is 10.1. The van der Waals surface area contributed by atoms with Crippen LogP contribution in [0.4, 0.5) is 0 Å². The molecule has 3 rings (SSSR count). The zero-order valence-corrected chi connectivity index (χ0v) is 16.3. The Morgan fingerprint density at radius 3 is 2.85 bits per heavy atom. The van der Waals surface area contributed by atoms with Gasteiger partial charge >= 0.3 is 0 Å². The lowest BCUT2D eigenvalue weighted by Crippen LogP contribution is -2.27. The van der Waals surface area contributed by atoms with Crippen LogP contribution in [0.1, 0.15) is 21.6 Å². The Bertz CT molecular complexity index is 1050. The summed E-state index contributed by atoms with van der Waals surface area (Å²) in [6, 6.07) is 4.68. The Kier molecular flexibility index (Phi) is 5.08. The number of aromatic nitrogens is 3. The van der Waals surface area contributed by atoms with Gasteiger partial charge in [-0.25, -0.2) is 22.2 Å². The van der Waals surface area contributed by atoms with Gasteiger partial charge in [-0.3, -0.25) is 4.79 Å². The van der Waals surface area contributed by atoms with Gasteiger partial charge in [0.25, 0.3) is 5.91 Å². The standard InChI is InChI=1S/C16H19N5O3S2/c1-11-4-5-12(8-14(11)26(23,24)20(2)3)15(22)17-7-6-13-9-25-16-18-10-19-21(13)16/h4-5,8-10H,6-7H2,1-3H3,(H,17,22). The molecule has 26 heavy (non-hydrogen) atoms. The largest absolute Gasteiger partial charge is 0.352 e. The van der Waals surface area contributed by atoms with Gasteiger partial charge in [0.05, 0.1) is 10.6 Å². The third-order valence-electron chi connectivity index (χ3n) is 3.96. The molecule has 0 saturated carbocycles. The SMILES string of the molecule is Cc1ccc(C(=O)NCCc2csc3ncnn23)cc1S(=O)(=O)N(C)C. The molecule has 0 saturated heterocycles. The minimum Gasteiger partial charge on any atom is -0.352 e. The maximum atomic E-state index is 12.4. The minimum atomic E-state index is -3.60. The van der Waals surface area contributed by atoms with Crippen molar-refractivity contribution in [3.8, 4) is 0 Å². The summed E-state index contributed by atoms with van der Waals surface area (Å²) in [5.74, 6) is -0.315. The number of sulfonamides is 1. The average molecular weight is 393 g/mol. The number of nitrogens with one attached hydrogen (secondary N) is 1. The molecule has 0 radical (unpaired) electrons. The molecule has 1 amide bonds. The van der Waals surface area contributed by atoms with Gasteiger partial charge < -0.3 is 5.32 Å². The molecule has 1 aromatic carbocycles. The first-order valence-electron chi connectivity index (χ1n) is 7.88. The lowest BCUT2D eigenvalue weighted by Gasteiger charge is -2.14. The smallest absolute Gasteiger partial charge is 0.251 e. The summed E-state index contributed by atoms with van der Waals surface area (Å²) < 4.78 is 27.6. The molecule has 2 aromatic heterocycles. The topological polar surface area (TPSA) is 96.7 Å². The molecule has 1 N–H and O–H groups in total. The number of fused-ring (bicyclic) bond motifs is 1. The van der Waals surface area contributed by atoms with E-state index in [1.165, 1.54) is 37.8 Å². The van der Waals surface area contributed by atoms with E-state index in [4.69, 9.17) is 0 Å². The van der Waals surface area contributed by atoms with Gasteiger partial charge in [-0.2, -0.15) is 5.10 Å². The predicted molar refractivity (Wildman–Crippen MR) is 99.0 cm³/mol. The van der Waals surface area contributed by atoms with Gasteiger partial charge in [-0.15, -0.1) is 11.3 Å². The van der Waals surface area contributed by atoms with E-state index in [1.807, 2.05) is 5.38 Å². The van der Waals surface area contributed by atoms with Crippen LogP contribution in [0.5, 0.6) is 0 Å². The van der Waals surface area contributed by atoms with E-state index in [-0.39, 0.29) is 10.8 Å². The number of hydrogen-bond donors (Lipinski definition) is 1. The summed E-state index contributed by atoms with van der Waals surface area (Å²) in [4.78, 5) is 17.4. The number of rotatable bonds is 6. The van der Waals surface area contributed by atoms with Crippen LogP contribution in [0, 0.1) is 6.92 Å². The average Bonchev–Trinajstić information content (AvgIpc) is 3.19. The zero-order valence-electron chi connectivity index (χ0n) is 14.6. The number of hydrogen-bond acceptors (Lipinski definition) is 6. The monoisotopic (exact) mass is 393 g/mol. The van der Waals surface area contributed by atoms with Gasteiger partial charge in [0.1, 0.15) is 6.33 Å². The van der Waals surface area contributed by atoms with E-state index in [0.29, 0.717) is 24.1 Å². The fourth-order valence-corrected chi connectivity index (χ4v) is 4.44. The summed E-state index contributed by atoms with van der Waals surface area (Å²) in [5, 5.41) is 8.90. The fraction of sp³-hybridized carbons (Fsp3) is 0.312. The number of carbonyl (C=O) groups excluding carboxylic acids is 1. The van der Waals surface area contributed by atoms with Crippen LogP contribution in [-0.4, -0.2) is 53.9 Å². The molecule has 10 heteroatoms. The van der Waals surface area contributed by atoms with E-state index < -0.39 is 10.0 Å². The second kappa shape index (κ2) is 7.14. The van der Waals surface area contributed by atoms with E-state index in [0.717, 1.165) is 15.0 Å². The predicted octanol–water partition coefficient (Wildman–Crippen LogP) is 1.32. The summed E-state index contributed by atoms with van der Waals surface area (Å²) in [6.07, 6.45) is 2.09. The summed E-state index contributed by atoms with van der Waals surface area (Å²) in [7, 11) is -0.670. The van der Waals surface area contributed by atoms with Gasteiger partial charge in [0.15, 0.2) is 0 Å². The molecule has 0 aliphatic rings. The molecular weight excluding hydrogens is 374 g/mol. The van der Waals surface area contributed by atoms with Crippen LogP contribution in [0.3, 0.4) is 0 Å². The molecule has 8 nitrogen and oxygen atoms in total. The number of carbonyl (C=O) groups is 1. The number of aryl methyl sites for hydroxylation is 1. The molecule has 3 aromatic rings. The van der Waals surface area contributed by atoms with Crippen molar-refractivity contribution >= 4 is 32.2 Å². The minimum absolute atomic E-state index is 0.136. The van der Waals surface area contributed by atoms with Crippen LogP contribution < -0.4 is 5.32 Å². The number of thiazole rings is 1. The maximum absolute atomic E-state index is 12.4. The Hall–Kier alpha value is -2.30. The summed E-state index contributed by atoms with van der Waals surface area (Å²) in [5.41, 5.74) is 1.87. The van der Waals surface area contributed by atoms with Crippen molar-refractivity contribution in [2.45, 2.75) is 18.2 Å². The molecule has 0 aliphatic carbocycles. The van der Waals surface area contributed by atoms with Gasteiger partial charge in [-0.1, -0.05) is 6.07 Å². The van der Waals surface area contributed by atoms with E-state index >= 15 is 0 Å². The first-order chi connectivity index (χ1) is 12.3. The van der Waals surface area contributed by atoms with Crippen molar-refractivity contribution < 1.29 is 13.2 Å². The highest BCUT2D eigenvalue weighted by atomic mass is 32.2. The Balaban J connectivity index is 1.71. The summed E-state index contributed by atoms with van der Waals surface area (Å²) in [6.45, 7) is 2.12. The lowest BCUT2D eigenvalue weighted by molar-refractivity contribution is 0.0954. The van der Waals surface area contributed by atoms with Gasteiger partial charge in [0.2, 0.25) is 15.0 Å². The van der Waals surface area contributed by atoms with Gasteiger partial charge in [-0.05, 0) is 24.6 Å². The van der Waals surface area contributed by atoms with Crippen LogP contribution in [-0.2, 0) is 16.4 Å². The molecule has 0 aliphatic heterocycles. The van der Waals surface area contributed by atoms with Crippen LogP contribution in [0.25, 0.3) is 4.96 Å². The molecule has 2 heterocycles. The summed E-state index contributed by atoms with van der Waals surface area (Å²) >= 11 is 1.49. The van der Waals surface area contributed by atoms with E-state index in [9.17, 15) is 13.2 Å². The Labute approximate surface area is 155 Å². The number of benzene rings is 1. The van der Waals surface area contributed by atoms with Crippen molar-refractivity contribution in [2.24, 2.45) is 0 Å². The molecule has 0 spiro atoms. The van der Waals surface area contributed by atoms with Crippen LogP contribution in [0.15, 0.2) is 34.8 Å². The Morgan fingerprint density at radius 1 is 1.35 bits per heavy atom. The quantitative estimate of drug-likeness (QED) is 0.681. The molecule has 0 fully saturated rings. The highest BCUT2D eigenvalue weighted by molar-refractivity contribution is 7.89. The second-order valence-electron chi connectivity index (χ2n) is 5.96. The molecule has 0 unspecified atom stereocenters. The molecular formula is C16H19N5O3S2. The second-order valence-corrected chi connectivity index (χ2v) is 8.91. The highest BCUT2D eigenvalue weighted by Gasteiger charge is 2.21. The Morgan fingerprint density at radius 2 is 2.12 bits per heavy atom. The van der Waals surface area contributed by atoms with Crippen LogP contribution >= 0.6 is 11.3 Å². The van der Waals surface area contributed by atoms with E-state index in [2.05, 4.69) is 15.4 Å². The molecule has 0 bridgehead atoms. The third-order valence-corrected chi connectivity index (χ3v) is 6.80. The van der Waals surface area contributed by atoms with Crippen molar-refractivity contribution in [1.82, 2.24) is 24.2 Å². The first-order valence-corrected chi connectivity index (χ1v) is 10.2. The molecule has 0 atom stereocenters. The number of amides is 1. The van der Waals surface area contributed by atoms with Crippen LogP contribution in [0.2, 0.25) is 0 Å². The van der Waals surface area contributed by atoms with Crippen molar-refractivity contribution in [1.29, 1.82) is 0 Å². The van der Waals surface area contributed by atoms with Crippen molar-refractivity contribution in [2.75, 3.05) is 20.6 Å². The van der Waals surface area contributed by atoms with Crippen molar-refractivity contribution in [3.05, 3.63) is 46.7 Å². The number of nitrogens with zero attached hydrogens (tertiary/aromatic N) is 4. The van der Waals surface area contributed by atoms with E-state index in [1.54, 1.807) is 23.6 Å². The zero-order chi connectivity index (χ0) is 18.9. The fourth-order valence-electron chi connectivity index (χ4n) is 2.47. The third kappa shape index (κ3) is 3.48. The van der Waals surface area contributed by atoms with Gasteiger partial charge in [0, 0.05) is 38.0 Å². The normalized spacial score (nSPS) is 12.0. The first kappa shape index (κ1) is 18.5. The maximum Gasteiger partial charge on any atom is 0.251 e. The van der Waals surface area contributed by atoms with Crippen molar-refractivity contribution in [3.63, 3.8) is 0 Å². The molecule has 138 valence electrons. The highest BCUT2D eigenvalue weighted by Crippen LogP contribution is 2.20.